The van der Waals surface area contributed by atoms with E-state index in [2.05, 4.69) is 10.3 Å². The molecule has 2 amide bonds. The van der Waals surface area contributed by atoms with Gasteiger partial charge >= 0.3 is 0 Å². The maximum atomic E-state index is 12.9. The van der Waals surface area contributed by atoms with Crippen molar-refractivity contribution in [3.05, 3.63) is 64.4 Å². The second-order valence-corrected chi connectivity index (χ2v) is 6.31. The average molecular weight is 364 g/mol. The van der Waals surface area contributed by atoms with Gasteiger partial charge in [0, 0.05) is 19.7 Å². The third-order valence-corrected chi connectivity index (χ3v) is 4.23. The normalized spacial score (nSPS) is 10.6. The SMILES string of the molecule is CC(=O)N(C)c1nc2ccccc2n(CC(=O)Nc2cccc(C)c2)c1=O. The zero-order valence-electron chi connectivity index (χ0n) is 15.4. The molecule has 0 saturated carbocycles. The van der Waals surface area contributed by atoms with E-state index in [9.17, 15) is 14.4 Å². The van der Waals surface area contributed by atoms with Crippen molar-refractivity contribution in [1.82, 2.24) is 9.55 Å². The van der Waals surface area contributed by atoms with Crippen LogP contribution in [0, 0.1) is 6.92 Å². The molecule has 1 N–H and O–H groups in total. The first kappa shape index (κ1) is 18.3. The van der Waals surface area contributed by atoms with E-state index >= 15 is 0 Å². The number of hydrogen-bond donors (Lipinski definition) is 1. The van der Waals surface area contributed by atoms with Gasteiger partial charge in [0.15, 0.2) is 0 Å². The van der Waals surface area contributed by atoms with Crippen LogP contribution in [0.1, 0.15) is 12.5 Å². The highest BCUT2D eigenvalue weighted by Gasteiger charge is 2.18. The number of nitrogens with one attached hydrogen (secondary N) is 1. The molecule has 0 radical (unpaired) electrons. The molecule has 1 aromatic heterocycles. The highest BCUT2D eigenvalue weighted by Crippen LogP contribution is 2.15. The molecule has 0 aliphatic rings. The Labute approximate surface area is 156 Å². The Kier molecular flexibility index (Phi) is 5.03. The van der Waals surface area contributed by atoms with Crippen LogP contribution in [0.25, 0.3) is 11.0 Å². The van der Waals surface area contributed by atoms with E-state index in [-0.39, 0.29) is 24.2 Å². The van der Waals surface area contributed by atoms with E-state index in [1.165, 1.54) is 23.4 Å². The third-order valence-electron chi connectivity index (χ3n) is 4.23. The largest absolute Gasteiger partial charge is 0.325 e. The van der Waals surface area contributed by atoms with Gasteiger partial charge in [-0.15, -0.1) is 0 Å². The molecular formula is C20H20N4O3. The lowest BCUT2D eigenvalue weighted by Crippen LogP contribution is -2.36. The van der Waals surface area contributed by atoms with Crippen molar-refractivity contribution in [1.29, 1.82) is 0 Å². The monoisotopic (exact) mass is 364 g/mol. The molecule has 138 valence electrons. The summed E-state index contributed by atoms with van der Waals surface area (Å²) in [4.78, 5) is 42.6. The number of benzene rings is 2. The zero-order valence-corrected chi connectivity index (χ0v) is 15.4. The van der Waals surface area contributed by atoms with E-state index < -0.39 is 5.56 Å². The summed E-state index contributed by atoms with van der Waals surface area (Å²) in [7, 11) is 1.48. The van der Waals surface area contributed by atoms with Crippen molar-refractivity contribution in [3.8, 4) is 0 Å². The Balaban J connectivity index is 2.02. The second-order valence-electron chi connectivity index (χ2n) is 6.31. The summed E-state index contributed by atoms with van der Waals surface area (Å²) in [6.07, 6.45) is 0. The molecule has 7 heteroatoms. The van der Waals surface area contributed by atoms with Crippen LogP contribution in [0.4, 0.5) is 11.5 Å². The number of aromatic nitrogens is 2. The summed E-state index contributed by atoms with van der Waals surface area (Å²) in [5.74, 6) is -0.661. The molecule has 2 aromatic carbocycles. The Morgan fingerprint density at radius 3 is 2.59 bits per heavy atom. The van der Waals surface area contributed by atoms with Gasteiger partial charge < -0.3 is 5.32 Å². The van der Waals surface area contributed by atoms with Crippen LogP contribution in [0.5, 0.6) is 0 Å². The number of fused-ring (bicyclic) bond motifs is 1. The first-order valence-electron chi connectivity index (χ1n) is 8.47. The predicted molar refractivity (Wildman–Crippen MR) is 105 cm³/mol. The summed E-state index contributed by atoms with van der Waals surface area (Å²) in [6, 6.07) is 14.4. The summed E-state index contributed by atoms with van der Waals surface area (Å²) in [6.45, 7) is 3.10. The van der Waals surface area contributed by atoms with Crippen molar-refractivity contribution in [2.45, 2.75) is 20.4 Å². The Bertz CT molecular complexity index is 1090. The van der Waals surface area contributed by atoms with E-state index in [0.29, 0.717) is 16.7 Å². The van der Waals surface area contributed by atoms with Crippen LogP contribution in [-0.2, 0) is 16.1 Å². The molecule has 7 nitrogen and oxygen atoms in total. The summed E-state index contributed by atoms with van der Waals surface area (Å²) < 4.78 is 1.34. The number of nitrogens with zero attached hydrogens (tertiary/aromatic N) is 3. The molecule has 0 fully saturated rings. The Hall–Kier alpha value is -3.48. The number of carbonyl (C=O) groups excluding carboxylic acids is 2. The first-order chi connectivity index (χ1) is 12.9. The van der Waals surface area contributed by atoms with Crippen molar-refractivity contribution >= 4 is 34.4 Å². The maximum absolute atomic E-state index is 12.9. The molecule has 0 atom stereocenters. The molecule has 0 aliphatic heterocycles. The molecule has 0 unspecified atom stereocenters. The molecule has 3 rings (SSSR count). The van der Waals surface area contributed by atoms with E-state index in [1.807, 2.05) is 25.1 Å². The summed E-state index contributed by atoms with van der Waals surface area (Å²) in [5.41, 5.74) is 2.24. The number of hydrogen-bond acceptors (Lipinski definition) is 4. The molecule has 1 heterocycles. The van der Waals surface area contributed by atoms with Crippen LogP contribution in [0.3, 0.4) is 0 Å². The topological polar surface area (TPSA) is 84.3 Å². The van der Waals surface area contributed by atoms with Gasteiger partial charge in [-0.05, 0) is 36.8 Å². The zero-order chi connectivity index (χ0) is 19.6. The van der Waals surface area contributed by atoms with Gasteiger partial charge in [-0.3, -0.25) is 23.9 Å². The maximum Gasteiger partial charge on any atom is 0.294 e. The van der Waals surface area contributed by atoms with Crippen molar-refractivity contribution < 1.29 is 9.59 Å². The molecule has 0 saturated heterocycles. The molecule has 0 bridgehead atoms. The van der Waals surface area contributed by atoms with E-state index in [4.69, 9.17) is 0 Å². The number of aryl methyl sites for hydroxylation is 1. The lowest BCUT2D eigenvalue weighted by atomic mass is 10.2. The van der Waals surface area contributed by atoms with Gasteiger partial charge in [0.25, 0.3) is 5.56 Å². The van der Waals surface area contributed by atoms with Crippen LogP contribution in [0.2, 0.25) is 0 Å². The minimum atomic E-state index is -0.495. The van der Waals surface area contributed by atoms with Gasteiger partial charge in [-0.1, -0.05) is 24.3 Å². The van der Waals surface area contributed by atoms with Gasteiger partial charge in [0.2, 0.25) is 17.6 Å². The third kappa shape index (κ3) is 3.87. The number of amides is 2. The van der Waals surface area contributed by atoms with E-state index in [0.717, 1.165) is 5.56 Å². The van der Waals surface area contributed by atoms with Gasteiger partial charge in [-0.2, -0.15) is 0 Å². The van der Waals surface area contributed by atoms with Gasteiger partial charge in [0.1, 0.15) is 6.54 Å². The van der Waals surface area contributed by atoms with Crippen LogP contribution < -0.4 is 15.8 Å². The second kappa shape index (κ2) is 7.41. The molecule has 3 aromatic rings. The summed E-state index contributed by atoms with van der Waals surface area (Å²) in [5, 5.41) is 2.79. The van der Waals surface area contributed by atoms with Crippen molar-refractivity contribution in [3.63, 3.8) is 0 Å². The Morgan fingerprint density at radius 2 is 1.89 bits per heavy atom. The lowest BCUT2D eigenvalue weighted by Gasteiger charge is -2.17. The minimum absolute atomic E-state index is 0.00967. The van der Waals surface area contributed by atoms with Crippen LogP contribution >= 0.6 is 0 Å². The number of anilines is 2. The fourth-order valence-electron chi connectivity index (χ4n) is 2.77. The van der Waals surface area contributed by atoms with Crippen molar-refractivity contribution in [2.75, 3.05) is 17.3 Å². The number of para-hydroxylation sites is 2. The minimum Gasteiger partial charge on any atom is -0.325 e. The fraction of sp³-hybridized carbons (Fsp3) is 0.200. The highest BCUT2D eigenvalue weighted by molar-refractivity contribution is 5.93. The first-order valence-corrected chi connectivity index (χ1v) is 8.47. The molecular weight excluding hydrogens is 344 g/mol. The predicted octanol–water partition coefficient (Wildman–Crippen LogP) is 2.33. The van der Waals surface area contributed by atoms with Crippen LogP contribution in [-0.4, -0.2) is 28.4 Å². The van der Waals surface area contributed by atoms with Gasteiger partial charge in [-0.25, -0.2) is 4.98 Å². The smallest absolute Gasteiger partial charge is 0.294 e. The lowest BCUT2D eigenvalue weighted by molar-refractivity contribution is -0.117. The van der Waals surface area contributed by atoms with Crippen molar-refractivity contribution in [2.24, 2.45) is 0 Å². The molecule has 27 heavy (non-hydrogen) atoms. The molecule has 0 spiro atoms. The summed E-state index contributed by atoms with van der Waals surface area (Å²) >= 11 is 0. The highest BCUT2D eigenvalue weighted by atomic mass is 16.2. The number of carbonyl (C=O) groups is 2. The average Bonchev–Trinajstić information content (AvgIpc) is 2.63. The standard InChI is InChI=1S/C20H20N4O3/c1-13-7-6-8-15(11-13)21-18(26)12-24-17-10-5-4-9-16(17)22-19(20(24)27)23(3)14(2)25/h4-11H,12H2,1-3H3,(H,21,26). The molecule has 0 aliphatic carbocycles. The van der Waals surface area contributed by atoms with Crippen LogP contribution in [0.15, 0.2) is 53.3 Å². The van der Waals surface area contributed by atoms with E-state index in [1.54, 1.807) is 30.3 Å². The van der Waals surface area contributed by atoms with Gasteiger partial charge in [0.05, 0.1) is 11.0 Å². The fourth-order valence-corrected chi connectivity index (χ4v) is 2.77. The number of rotatable bonds is 4. The Morgan fingerprint density at radius 1 is 1.15 bits per heavy atom. The quantitative estimate of drug-likeness (QED) is 0.770.